The molecule has 1 atom stereocenters. The predicted molar refractivity (Wildman–Crippen MR) is 52.3 cm³/mol. The number of carbonyl (C=O) groups excluding carboxylic acids is 2. The quantitative estimate of drug-likeness (QED) is 0.296. The van der Waals surface area contributed by atoms with Crippen molar-refractivity contribution in [3.05, 3.63) is 36.5 Å². The first-order valence-electron chi connectivity index (χ1n) is 4.40. The number of ether oxygens (including phenoxy) is 1. The third-order valence-corrected chi connectivity index (χ3v) is 2.13. The number of hydrogen-bond donors (Lipinski definition) is 0. The lowest BCUT2D eigenvalue weighted by Crippen LogP contribution is -1.99. The largest absolute Gasteiger partial charge is 0.386 e. The maximum Gasteiger partial charge on any atom is 0.346 e. The van der Waals surface area contributed by atoms with Crippen LogP contribution in [0.2, 0.25) is 0 Å². The molecule has 0 amide bonds. The van der Waals surface area contributed by atoms with E-state index in [9.17, 15) is 9.59 Å². The highest BCUT2D eigenvalue weighted by molar-refractivity contribution is 6.17. The lowest BCUT2D eigenvalue weighted by molar-refractivity contribution is -0.149. The Morgan fingerprint density at radius 1 is 1.43 bits per heavy atom. The number of hydrogen-bond acceptors (Lipinski definition) is 3. The van der Waals surface area contributed by atoms with E-state index >= 15 is 0 Å². The molecule has 74 valence electrons. The van der Waals surface area contributed by atoms with Crippen LogP contribution >= 0.6 is 0 Å². The summed E-state index contributed by atoms with van der Waals surface area (Å²) in [5, 5.41) is 0. The van der Waals surface area contributed by atoms with Crippen LogP contribution in [0.25, 0.3) is 0 Å². The molecule has 0 spiro atoms. The molecule has 1 aliphatic heterocycles. The Hall–Kier alpha value is -1.64. The second-order valence-corrected chi connectivity index (χ2v) is 3.04. The Bertz CT molecular complexity index is 336. The summed E-state index contributed by atoms with van der Waals surface area (Å²) < 4.78 is 4.40. The van der Waals surface area contributed by atoms with Gasteiger partial charge in [0.1, 0.15) is 0 Å². The van der Waals surface area contributed by atoms with Crippen molar-refractivity contribution in [1.82, 2.24) is 0 Å². The maximum absolute atomic E-state index is 11.2. The molecule has 1 aliphatic rings. The van der Waals surface area contributed by atoms with E-state index in [4.69, 9.17) is 0 Å². The van der Waals surface area contributed by atoms with Crippen LogP contribution in [0.1, 0.15) is 13.3 Å². The van der Waals surface area contributed by atoms with Crippen molar-refractivity contribution < 1.29 is 14.3 Å². The average Bonchev–Trinajstić information content (AvgIpc) is 2.40. The summed E-state index contributed by atoms with van der Waals surface area (Å²) in [5.41, 5.74) is 0.400. The molecule has 3 heteroatoms. The van der Waals surface area contributed by atoms with Crippen LogP contribution in [0.3, 0.4) is 0 Å². The third kappa shape index (κ3) is 1.82. The summed E-state index contributed by atoms with van der Waals surface area (Å²) in [6.07, 6.45) is 4.21. The van der Waals surface area contributed by atoms with Gasteiger partial charge in [-0.25, -0.2) is 9.59 Å². The Morgan fingerprint density at radius 2 is 2.07 bits per heavy atom. The van der Waals surface area contributed by atoms with E-state index in [0.29, 0.717) is 0 Å². The molecule has 1 unspecified atom stereocenters. The second-order valence-electron chi connectivity index (χ2n) is 3.04. The normalized spacial score (nSPS) is 21.2. The van der Waals surface area contributed by atoms with E-state index in [1.54, 1.807) is 12.2 Å². The van der Waals surface area contributed by atoms with Gasteiger partial charge in [-0.15, -0.1) is 6.58 Å². The van der Waals surface area contributed by atoms with E-state index < -0.39 is 11.9 Å². The van der Waals surface area contributed by atoms with E-state index in [1.165, 1.54) is 0 Å². The molecular weight excluding hydrogens is 180 g/mol. The molecule has 0 N–H and O–H groups in total. The second kappa shape index (κ2) is 4.05. The zero-order valence-electron chi connectivity index (χ0n) is 8.08. The minimum absolute atomic E-state index is 0.0696. The van der Waals surface area contributed by atoms with Gasteiger partial charge in [-0.2, -0.15) is 0 Å². The van der Waals surface area contributed by atoms with Crippen LogP contribution in [0, 0.1) is 5.92 Å². The zero-order valence-corrected chi connectivity index (χ0v) is 8.08. The molecule has 0 aromatic rings. The van der Waals surface area contributed by atoms with E-state index in [2.05, 4.69) is 17.9 Å². The molecule has 0 aliphatic carbocycles. The van der Waals surface area contributed by atoms with Crippen LogP contribution in [0.4, 0.5) is 0 Å². The topological polar surface area (TPSA) is 43.4 Å². The highest BCUT2D eigenvalue weighted by Gasteiger charge is 2.31. The summed E-state index contributed by atoms with van der Waals surface area (Å²) in [5.74, 6) is -1.19. The SMILES string of the molecule is C=CC(/C=C1\C(=C)C(=O)OC1=O)CC. The van der Waals surface area contributed by atoms with Crippen LogP contribution in [-0.2, 0) is 14.3 Å². The van der Waals surface area contributed by atoms with Crippen LogP contribution in [0.15, 0.2) is 36.5 Å². The first-order valence-corrected chi connectivity index (χ1v) is 4.40. The van der Waals surface area contributed by atoms with Crippen LogP contribution < -0.4 is 0 Å². The van der Waals surface area contributed by atoms with Gasteiger partial charge in [-0.3, -0.25) is 0 Å². The van der Waals surface area contributed by atoms with Gasteiger partial charge in [-0.1, -0.05) is 25.7 Å². The van der Waals surface area contributed by atoms with Crippen molar-refractivity contribution in [2.24, 2.45) is 5.92 Å². The van der Waals surface area contributed by atoms with Gasteiger partial charge in [0.2, 0.25) is 0 Å². The monoisotopic (exact) mass is 192 g/mol. The smallest absolute Gasteiger partial charge is 0.346 e. The van der Waals surface area contributed by atoms with E-state index in [1.807, 2.05) is 6.92 Å². The van der Waals surface area contributed by atoms with Gasteiger partial charge in [0, 0.05) is 0 Å². The van der Waals surface area contributed by atoms with Gasteiger partial charge in [-0.05, 0) is 12.3 Å². The summed E-state index contributed by atoms with van der Waals surface area (Å²) in [6, 6.07) is 0. The van der Waals surface area contributed by atoms with Gasteiger partial charge >= 0.3 is 11.9 Å². The fourth-order valence-corrected chi connectivity index (χ4v) is 1.17. The Morgan fingerprint density at radius 3 is 2.43 bits per heavy atom. The maximum atomic E-state index is 11.2. The molecule has 1 fully saturated rings. The number of allylic oxidation sites excluding steroid dienone is 2. The minimum atomic E-state index is -0.653. The highest BCUT2D eigenvalue weighted by Crippen LogP contribution is 2.23. The summed E-state index contributed by atoms with van der Waals surface area (Å²) in [4.78, 5) is 22.1. The van der Waals surface area contributed by atoms with Crippen molar-refractivity contribution in [2.45, 2.75) is 13.3 Å². The van der Waals surface area contributed by atoms with Crippen molar-refractivity contribution in [3.8, 4) is 0 Å². The molecule has 1 rings (SSSR count). The molecule has 1 heterocycles. The van der Waals surface area contributed by atoms with E-state index in [-0.39, 0.29) is 17.1 Å². The zero-order chi connectivity index (χ0) is 10.7. The Balaban J connectivity index is 2.96. The van der Waals surface area contributed by atoms with Crippen LogP contribution in [-0.4, -0.2) is 11.9 Å². The molecular formula is C11H12O3. The van der Waals surface area contributed by atoms with Crippen molar-refractivity contribution >= 4 is 11.9 Å². The summed E-state index contributed by atoms with van der Waals surface area (Å²) in [7, 11) is 0. The Labute approximate surface area is 82.8 Å². The van der Waals surface area contributed by atoms with Crippen molar-refractivity contribution in [1.29, 1.82) is 0 Å². The summed E-state index contributed by atoms with van der Waals surface area (Å²) >= 11 is 0. The molecule has 0 saturated carbocycles. The Kier molecular flexibility index (Phi) is 3.02. The fraction of sp³-hybridized carbons (Fsp3) is 0.273. The fourth-order valence-electron chi connectivity index (χ4n) is 1.17. The number of esters is 2. The van der Waals surface area contributed by atoms with Gasteiger partial charge in [0.05, 0.1) is 11.1 Å². The first kappa shape index (κ1) is 10.4. The molecule has 0 radical (unpaired) electrons. The molecule has 0 aromatic carbocycles. The standard InChI is InChI=1S/C11H12O3/c1-4-8(5-2)6-9-7(3)10(12)14-11(9)13/h4,6,8H,1,3,5H2,2H3/b9-6+. The van der Waals surface area contributed by atoms with E-state index in [0.717, 1.165) is 6.42 Å². The van der Waals surface area contributed by atoms with Gasteiger partial charge in [0.15, 0.2) is 0 Å². The summed E-state index contributed by atoms with van der Waals surface area (Å²) in [6.45, 7) is 9.09. The molecule has 1 saturated heterocycles. The lowest BCUT2D eigenvalue weighted by Gasteiger charge is -2.02. The number of rotatable bonds is 3. The van der Waals surface area contributed by atoms with Crippen LogP contribution in [0.5, 0.6) is 0 Å². The first-order chi connectivity index (χ1) is 6.60. The third-order valence-electron chi connectivity index (χ3n) is 2.13. The lowest BCUT2D eigenvalue weighted by atomic mass is 10.0. The molecule has 14 heavy (non-hydrogen) atoms. The van der Waals surface area contributed by atoms with Gasteiger partial charge < -0.3 is 4.74 Å². The predicted octanol–water partition coefficient (Wildman–Crippen LogP) is 1.76. The van der Waals surface area contributed by atoms with Crippen molar-refractivity contribution in [2.75, 3.05) is 0 Å². The van der Waals surface area contributed by atoms with Gasteiger partial charge in [0.25, 0.3) is 0 Å². The molecule has 3 nitrogen and oxygen atoms in total. The molecule has 0 aromatic heterocycles. The minimum Gasteiger partial charge on any atom is -0.386 e. The highest BCUT2D eigenvalue weighted by atomic mass is 16.6. The molecule has 0 bridgehead atoms. The van der Waals surface area contributed by atoms with Crippen molar-refractivity contribution in [3.63, 3.8) is 0 Å². The number of carbonyl (C=O) groups is 2. The average molecular weight is 192 g/mol. The number of cyclic esters (lactones) is 2.